The van der Waals surface area contributed by atoms with E-state index in [1.807, 2.05) is 6.92 Å². The molecular weight excluding hydrogens is 330 g/mol. The topological polar surface area (TPSA) is 47.3 Å². The third-order valence-electron chi connectivity index (χ3n) is 3.79. The standard InChI is InChI=1S/C14H19BrF2N2O/c1-2-20-9-5-8(6-9)7-12(19-18)13-11(16)4-3-10(15)14(13)17/h3-4,8-9,12,19H,2,5-7,18H2,1H3. The number of nitrogens with two attached hydrogens (primary N) is 1. The summed E-state index contributed by atoms with van der Waals surface area (Å²) in [4.78, 5) is 0. The third-order valence-corrected chi connectivity index (χ3v) is 4.41. The Bertz CT molecular complexity index is 467. The molecule has 3 N–H and O–H groups in total. The van der Waals surface area contributed by atoms with Gasteiger partial charge in [0, 0.05) is 12.2 Å². The van der Waals surface area contributed by atoms with E-state index >= 15 is 0 Å². The molecule has 0 aliphatic heterocycles. The second-order valence-corrected chi connectivity index (χ2v) is 5.98. The van der Waals surface area contributed by atoms with Gasteiger partial charge in [0.15, 0.2) is 0 Å². The first-order valence-corrected chi connectivity index (χ1v) is 7.57. The zero-order valence-electron chi connectivity index (χ0n) is 11.3. The molecule has 112 valence electrons. The lowest BCUT2D eigenvalue weighted by Crippen LogP contribution is -2.37. The average Bonchev–Trinajstić information content (AvgIpc) is 2.39. The molecule has 6 heteroatoms. The van der Waals surface area contributed by atoms with Crippen LogP contribution in [0.5, 0.6) is 0 Å². The first-order valence-electron chi connectivity index (χ1n) is 6.77. The van der Waals surface area contributed by atoms with Crippen molar-refractivity contribution in [3.8, 4) is 0 Å². The van der Waals surface area contributed by atoms with Gasteiger partial charge in [0.2, 0.25) is 0 Å². The maximum Gasteiger partial charge on any atom is 0.145 e. The monoisotopic (exact) mass is 348 g/mol. The van der Waals surface area contributed by atoms with E-state index in [0.29, 0.717) is 18.9 Å². The Morgan fingerprint density at radius 3 is 2.75 bits per heavy atom. The highest BCUT2D eigenvalue weighted by Gasteiger charge is 2.33. The molecule has 0 amide bonds. The number of hydrogen-bond donors (Lipinski definition) is 2. The van der Waals surface area contributed by atoms with E-state index in [9.17, 15) is 8.78 Å². The summed E-state index contributed by atoms with van der Waals surface area (Å²) in [5.74, 6) is 4.70. The molecule has 1 unspecified atom stereocenters. The van der Waals surface area contributed by atoms with Gasteiger partial charge in [-0.05, 0) is 60.2 Å². The molecule has 0 saturated heterocycles. The quantitative estimate of drug-likeness (QED) is 0.470. The summed E-state index contributed by atoms with van der Waals surface area (Å²) in [5, 5.41) is 0. The highest BCUT2D eigenvalue weighted by Crippen LogP contribution is 2.38. The van der Waals surface area contributed by atoms with E-state index in [-0.39, 0.29) is 16.1 Å². The Labute approximate surface area is 126 Å². The Morgan fingerprint density at radius 2 is 2.15 bits per heavy atom. The predicted octanol–water partition coefficient (Wildman–Crippen LogP) is 3.44. The van der Waals surface area contributed by atoms with Crippen molar-refractivity contribution in [2.24, 2.45) is 11.8 Å². The van der Waals surface area contributed by atoms with Crippen LogP contribution in [-0.2, 0) is 4.74 Å². The van der Waals surface area contributed by atoms with Gasteiger partial charge in [-0.3, -0.25) is 11.3 Å². The van der Waals surface area contributed by atoms with Crippen LogP contribution in [-0.4, -0.2) is 12.7 Å². The normalized spacial score (nSPS) is 23.4. The largest absolute Gasteiger partial charge is 0.378 e. The first kappa shape index (κ1) is 15.8. The number of nitrogens with one attached hydrogen (secondary N) is 1. The molecular formula is C14H19BrF2N2O. The lowest BCUT2D eigenvalue weighted by Gasteiger charge is -2.37. The SMILES string of the molecule is CCOC1CC(CC(NN)c2c(F)ccc(Br)c2F)C1. The third kappa shape index (κ3) is 3.36. The van der Waals surface area contributed by atoms with E-state index in [1.54, 1.807) is 0 Å². The second kappa shape index (κ2) is 6.93. The summed E-state index contributed by atoms with van der Waals surface area (Å²) < 4.78 is 33.7. The minimum Gasteiger partial charge on any atom is -0.378 e. The van der Waals surface area contributed by atoms with Gasteiger partial charge < -0.3 is 4.74 Å². The van der Waals surface area contributed by atoms with Crippen LogP contribution >= 0.6 is 15.9 Å². The number of ether oxygens (including phenoxy) is 1. The van der Waals surface area contributed by atoms with Crippen molar-refractivity contribution in [2.75, 3.05) is 6.61 Å². The average molecular weight is 349 g/mol. The van der Waals surface area contributed by atoms with Crippen molar-refractivity contribution >= 4 is 15.9 Å². The molecule has 1 atom stereocenters. The fraction of sp³-hybridized carbons (Fsp3) is 0.571. The fourth-order valence-corrected chi connectivity index (χ4v) is 3.05. The maximum absolute atomic E-state index is 14.1. The fourth-order valence-electron chi connectivity index (χ4n) is 2.70. The minimum atomic E-state index is -0.589. The summed E-state index contributed by atoms with van der Waals surface area (Å²) in [5.41, 5.74) is 2.53. The van der Waals surface area contributed by atoms with E-state index in [4.69, 9.17) is 10.6 Å². The molecule has 1 fully saturated rings. The van der Waals surface area contributed by atoms with Crippen molar-refractivity contribution in [3.05, 3.63) is 33.8 Å². The van der Waals surface area contributed by atoms with Crippen molar-refractivity contribution in [2.45, 2.75) is 38.3 Å². The zero-order valence-corrected chi connectivity index (χ0v) is 12.9. The van der Waals surface area contributed by atoms with Gasteiger partial charge in [-0.15, -0.1) is 0 Å². The number of halogens is 3. The summed E-state index contributed by atoms with van der Waals surface area (Å²) in [6.07, 6.45) is 2.72. The molecule has 20 heavy (non-hydrogen) atoms. The van der Waals surface area contributed by atoms with E-state index in [0.717, 1.165) is 12.8 Å². The van der Waals surface area contributed by atoms with Gasteiger partial charge in [-0.1, -0.05) is 0 Å². The highest BCUT2D eigenvalue weighted by atomic mass is 79.9. The van der Waals surface area contributed by atoms with Crippen LogP contribution in [0.15, 0.2) is 16.6 Å². The van der Waals surface area contributed by atoms with E-state index in [2.05, 4.69) is 21.4 Å². The molecule has 2 rings (SSSR count). The lowest BCUT2D eigenvalue weighted by atomic mass is 9.77. The molecule has 1 saturated carbocycles. The number of hydrazine groups is 1. The minimum absolute atomic E-state index is 0.00161. The molecule has 0 aromatic heterocycles. The van der Waals surface area contributed by atoms with Crippen LogP contribution in [0.25, 0.3) is 0 Å². The molecule has 0 spiro atoms. The number of hydrogen-bond acceptors (Lipinski definition) is 3. The van der Waals surface area contributed by atoms with Crippen molar-refractivity contribution < 1.29 is 13.5 Å². The number of benzene rings is 1. The maximum atomic E-state index is 14.1. The van der Waals surface area contributed by atoms with Gasteiger partial charge in [-0.25, -0.2) is 8.78 Å². The lowest BCUT2D eigenvalue weighted by molar-refractivity contribution is -0.0293. The molecule has 1 aromatic carbocycles. The Kier molecular flexibility index (Phi) is 5.49. The first-order chi connectivity index (χ1) is 9.56. The van der Waals surface area contributed by atoms with Gasteiger partial charge in [0.1, 0.15) is 11.6 Å². The Hall–Kier alpha value is -0.560. The number of rotatable bonds is 6. The zero-order chi connectivity index (χ0) is 14.7. The van der Waals surface area contributed by atoms with Gasteiger partial charge in [-0.2, -0.15) is 0 Å². The molecule has 0 radical (unpaired) electrons. The second-order valence-electron chi connectivity index (χ2n) is 5.13. The smallest absolute Gasteiger partial charge is 0.145 e. The van der Waals surface area contributed by atoms with Crippen LogP contribution in [0.4, 0.5) is 8.78 Å². The van der Waals surface area contributed by atoms with Gasteiger partial charge in [0.25, 0.3) is 0 Å². The Morgan fingerprint density at radius 1 is 1.45 bits per heavy atom. The van der Waals surface area contributed by atoms with Gasteiger partial charge >= 0.3 is 0 Å². The summed E-state index contributed by atoms with van der Waals surface area (Å²) in [7, 11) is 0. The predicted molar refractivity (Wildman–Crippen MR) is 76.9 cm³/mol. The summed E-state index contributed by atoms with van der Waals surface area (Å²) in [6, 6.07) is 2.08. The van der Waals surface area contributed by atoms with Crippen LogP contribution in [0, 0.1) is 17.6 Å². The van der Waals surface area contributed by atoms with Crippen LogP contribution in [0.2, 0.25) is 0 Å². The summed E-state index contributed by atoms with van der Waals surface area (Å²) in [6.45, 7) is 2.66. The van der Waals surface area contributed by atoms with E-state index in [1.165, 1.54) is 12.1 Å². The molecule has 1 aliphatic rings. The van der Waals surface area contributed by atoms with Crippen molar-refractivity contribution in [1.29, 1.82) is 0 Å². The molecule has 1 aromatic rings. The molecule has 0 bridgehead atoms. The highest BCUT2D eigenvalue weighted by molar-refractivity contribution is 9.10. The van der Waals surface area contributed by atoms with Crippen molar-refractivity contribution in [3.63, 3.8) is 0 Å². The molecule has 0 heterocycles. The van der Waals surface area contributed by atoms with Crippen LogP contribution in [0.3, 0.4) is 0 Å². The van der Waals surface area contributed by atoms with Gasteiger partial charge in [0.05, 0.1) is 16.6 Å². The van der Waals surface area contributed by atoms with Crippen LogP contribution in [0.1, 0.15) is 37.8 Å². The Balaban J connectivity index is 2.05. The summed E-state index contributed by atoms with van der Waals surface area (Å²) >= 11 is 3.07. The molecule has 1 aliphatic carbocycles. The van der Waals surface area contributed by atoms with E-state index < -0.39 is 17.7 Å². The molecule has 3 nitrogen and oxygen atoms in total. The van der Waals surface area contributed by atoms with Crippen LogP contribution < -0.4 is 11.3 Å². The van der Waals surface area contributed by atoms with Crippen molar-refractivity contribution in [1.82, 2.24) is 5.43 Å².